The molecule has 106 valence electrons. The standard InChI is InChI=1S/C16H20N2OS/c1-11(2)18-16(19)13-5-4-6-14(9-13)17-10-15-12(3)7-8-20-15/h4-9,11,17H,10H2,1-3H3,(H,18,19). The summed E-state index contributed by atoms with van der Waals surface area (Å²) >= 11 is 1.75. The zero-order chi connectivity index (χ0) is 14.5. The number of thiophene rings is 1. The van der Waals surface area contributed by atoms with Crippen LogP contribution in [0.4, 0.5) is 5.69 Å². The average molecular weight is 288 g/mol. The second kappa shape index (κ2) is 6.57. The first-order chi connectivity index (χ1) is 9.56. The van der Waals surface area contributed by atoms with Gasteiger partial charge in [-0.05, 0) is 56.0 Å². The minimum Gasteiger partial charge on any atom is -0.380 e. The van der Waals surface area contributed by atoms with E-state index in [0.29, 0.717) is 5.56 Å². The number of hydrogen-bond donors (Lipinski definition) is 2. The van der Waals surface area contributed by atoms with Crippen molar-refractivity contribution in [1.29, 1.82) is 0 Å². The van der Waals surface area contributed by atoms with Gasteiger partial charge in [-0.2, -0.15) is 0 Å². The van der Waals surface area contributed by atoms with Gasteiger partial charge in [-0.1, -0.05) is 6.07 Å². The van der Waals surface area contributed by atoms with Gasteiger partial charge >= 0.3 is 0 Å². The Morgan fingerprint density at radius 3 is 2.75 bits per heavy atom. The number of carbonyl (C=O) groups is 1. The third kappa shape index (κ3) is 3.84. The molecule has 2 rings (SSSR count). The summed E-state index contributed by atoms with van der Waals surface area (Å²) in [4.78, 5) is 13.3. The summed E-state index contributed by atoms with van der Waals surface area (Å²) in [6.07, 6.45) is 0. The summed E-state index contributed by atoms with van der Waals surface area (Å²) in [6, 6.07) is 9.87. The number of nitrogens with one attached hydrogen (secondary N) is 2. The summed E-state index contributed by atoms with van der Waals surface area (Å²) in [5, 5.41) is 8.36. The highest BCUT2D eigenvalue weighted by atomic mass is 32.1. The maximum absolute atomic E-state index is 12.0. The SMILES string of the molecule is Cc1ccsc1CNc1cccc(C(=O)NC(C)C)c1. The van der Waals surface area contributed by atoms with Crippen LogP contribution in [0.2, 0.25) is 0 Å². The summed E-state index contributed by atoms with van der Waals surface area (Å²) in [5.74, 6) is -0.0315. The van der Waals surface area contributed by atoms with Crippen molar-refractivity contribution in [2.75, 3.05) is 5.32 Å². The fraction of sp³-hybridized carbons (Fsp3) is 0.312. The zero-order valence-electron chi connectivity index (χ0n) is 12.1. The molecular formula is C16H20N2OS. The van der Waals surface area contributed by atoms with Gasteiger partial charge in [-0.15, -0.1) is 11.3 Å². The van der Waals surface area contributed by atoms with Gasteiger partial charge in [0.1, 0.15) is 0 Å². The zero-order valence-corrected chi connectivity index (χ0v) is 12.9. The largest absolute Gasteiger partial charge is 0.380 e. The molecule has 3 nitrogen and oxygen atoms in total. The average Bonchev–Trinajstić information content (AvgIpc) is 2.81. The quantitative estimate of drug-likeness (QED) is 0.878. The maximum atomic E-state index is 12.0. The van der Waals surface area contributed by atoms with Crippen LogP contribution >= 0.6 is 11.3 Å². The number of amides is 1. The molecule has 0 aliphatic heterocycles. The molecule has 0 saturated carbocycles. The molecule has 1 aromatic heterocycles. The van der Waals surface area contributed by atoms with Gasteiger partial charge in [0.15, 0.2) is 0 Å². The summed E-state index contributed by atoms with van der Waals surface area (Å²) in [6.45, 7) is 6.82. The first-order valence-electron chi connectivity index (χ1n) is 6.74. The lowest BCUT2D eigenvalue weighted by atomic mass is 10.1. The molecule has 0 atom stereocenters. The number of benzene rings is 1. The van der Waals surface area contributed by atoms with E-state index in [1.165, 1.54) is 10.4 Å². The molecule has 1 heterocycles. The van der Waals surface area contributed by atoms with Crippen LogP contribution in [0.25, 0.3) is 0 Å². The van der Waals surface area contributed by atoms with Crippen molar-refractivity contribution < 1.29 is 4.79 Å². The van der Waals surface area contributed by atoms with E-state index in [-0.39, 0.29) is 11.9 Å². The Balaban J connectivity index is 2.02. The molecule has 1 aromatic carbocycles. The van der Waals surface area contributed by atoms with Crippen molar-refractivity contribution in [2.45, 2.75) is 33.4 Å². The number of anilines is 1. The fourth-order valence-electron chi connectivity index (χ4n) is 1.88. The highest BCUT2D eigenvalue weighted by molar-refractivity contribution is 7.10. The third-order valence-corrected chi connectivity index (χ3v) is 3.99. The Morgan fingerprint density at radius 1 is 1.30 bits per heavy atom. The van der Waals surface area contributed by atoms with E-state index in [2.05, 4.69) is 29.0 Å². The van der Waals surface area contributed by atoms with E-state index in [0.717, 1.165) is 12.2 Å². The van der Waals surface area contributed by atoms with E-state index in [9.17, 15) is 4.79 Å². The van der Waals surface area contributed by atoms with E-state index in [1.807, 2.05) is 38.1 Å². The number of aryl methyl sites for hydroxylation is 1. The third-order valence-electron chi connectivity index (χ3n) is 2.97. The molecule has 2 N–H and O–H groups in total. The first-order valence-corrected chi connectivity index (χ1v) is 7.62. The van der Waals surface area contributed by atoms with Crippen molar-refractivity contribution in [3.63, 3.8) is 0 Å². The van der Waals surface area contributed by atoms with Crippen LogP contribution < -0.4 is 10.6 Å². The predicted molar refractivity (Wildman–Crippen MR) is 85.4 cm³/mol. The molecule has 1 amide bonds. The van der Waals surface area contributed by atoms with Crippen LogP contribution in [0.1, 0.15) is 34.6 Å². The van der Waals surface area contributed by atoms with Crippen LogP contribution in [-0.2, 0) is 6.54 Å². The lowest BCUT2D eigenvalue weighted by Crippen LogP contribution is -2.30. The lowest BCUT2D eigenvalue weighted by molar-refractivity contribution is 0.0943. The summed E-state index contributed by atoms with van der Waals surface area (Å²) < 4.78 is 0. The minimum absolute atomic E-state index is 0.0315. The van der Waals surface area contributed by atoms with Gasteiger partial charge in [-0.3, -0.25) is 4.79 Å². The van der Waals surface area contributed by atoms with Gasteiger partial charge in [0.2, 0.25) is 0 Å². The van der Waals surface area contributed by atoms with Gasteiger partial charge in [0, 0.05) is 28.7 Å². The molecule has 0 radical (unpaired) electrons. The molecule has 0 spiro atoms. The Hall–Kier alpha value is -1.81. The van der Waals surface area contributed by atoms with Crippen LogP contribution in [-0.4, -0.2) is 11.9 Å². The van der Waals surface area contributed by atoms with Gasteiger partial charge < -0.3 is 10.6 Å². The van der Waals surface area contributed by atoms with Crippen molar-refractivity contribution >= 4 is 22.9 Å². The number of hydrogen-bond acceptors (Lipinski definition) is 3. The van der Waals surface area contributed by atoms with Crippen LogP contribution in [0.3, 0.4) is 0 Å². The van der Waals surface area contributed by atoms with E-state index in [1.54, 1.807) is 11.3 Å². The second-order valence-corrected chi connectivity index (χ2v) is 6.09. The normalized spacial score (nSPS) is 10.6. The Morgan fingerprint density at radius 2 is 2.10 bits per heavy atom. The van der Waals surface area contributed by atoms with E-state index in [4.69, 9.17) is 0 Å². The molecule has 0 aliphatic rings. The fourth-order valence-corrected chi connectivity index (χ4v) is 2.73. The molecule has 0 bridgehead atoms. The maximum Gasteiger partial charge on any atom is 0.251 e. The highest BCUT2D eigenvalue weighted by Gasteiger charge is 2.07. The number of rotatable bonds is 5. The monoisotopic (exact) mass is 288 g/mol. The molecule has 2 aromatic rings. The summed E-state index contributed by atoms with van der Waals surface area (Å²) in [7, 11) is 0. The Kier molecular flexibility index (Phi) is 4.79. The topological polar surface area (TPSA) is 41.1 Å². The molecular weight excluding hydrogens is 268 g/mol. The van der Waals surface area contributed by atoms with Crippen molar-refractivity contribution in [3.05, 3.63) is 51.7 Å². The van der Waals surface area contributed by atoms with E-state index >= 15 is 0 Å². The smallest absolute Gasteiger partial charge is 0.251 e. The van der Waals surface area contributed by atoms with Crippen LogP contribution in [0, 0.1) is 6.92 Å². The van der Waals surface area contributed by atoms with Gasteiger partial charge in [-0.25, -0.2) is 0 Å². The van der Waals surface area contributed by atoms with Crippen molar-refractivity contribution in [3.8, 4) is 0 Å². The van der Waals surface area contributed by atoms with Gasteiger partial charge in [0.25, 0.3) is 5.91 Å². The van der Waals surface area contributed by atoms with Gasteiger partial charge in [0.05, 0.1) is 0 Å². The number of carbonyl (C=O) groups excluding carboxylic acids is 1. The second-order valence-electron chi connectivity index (χ2n) is 5.09. The van der Waals surface area contributed by atoms with E-state index < -0.39 is 0 Å². The lowest BCUT2D eigenvalue weighted by Gasteiger charge is -2.10. The van der Waals surface area contributed by atoms with Crippen molar-refractivity contribution in [1.82, 2.24) is 5.32 Å². The molecule has 20 heavy (non-hydrogen) atoms. The Labute approximate surface area is 124 Å². The highest BCUT2D eigenvalue weighted by Crippen LogP contribution is 2.18. The Bertz CT molecular complexity index is 590. The first kappa shape index (κ1) is 14.6. The van der Waals surface area contributed by atoms with Crippen LogP contribution in [0.15, 0.2) is 35.7 Å². The molecule has 4 heteroatoms. The minimum atomic E-state index is -0.0315. The summed E-state index contributed by atoms with van der Waals surface area (Å²) in [5.41, 5.74) is 2.96. The molecule has 0 unspecified atom stereocenters. The molecule has 0 fully saturated rings. The van der Waals surface area contributed by atoms with Crippen LogP contribution in [0.5, 0.6) is 0 Å². The molecule has 0 saturated heterocycles. The molecule has 0 aliphatic carbocycles. The predicted octanol–water partition coefficient (Wildman–Crippen LogP) is 3.81. The van der Waals surface area contributed by atoms with Crippen molar-refractivity contribution in [2.24, 2.45) is 0 Å².